The third-order valence-electron chi connectivity index (χ3n) is 5.67. The summed E-state index contributed by atoms with van der Waals surface area (Å²) in [6.07, 6.45) is 6.06. The molecule has 3 nitrogen and oxygen atoms in total. The van der Waals surface area contributed by atoms with Crippen molar-refractivity contribution in [2.24, 2.45) is 0 Å². The average molecular weight is 402 g/mol. The van der Waals surface area contributed by atoms with Crippen LogP contribution in [-0.2, 0) is 11.3 Å². The second-order valence-corrected chi connectivity index (χ2v) is 7.71. The lowest BCUT2D eigenvalue weighted by molar-refractivity contribution is -0.116. The third-order valence-corrected chi connectivity index (χ3v) is 5.67. The second kappa shape index (κ2) is 8.04. The van der Waals surface area contributed by atoms with Crippen LogP contribution >= 0.6 is 0 Å². The maximum atomic E-state index is 12.7. The third kappa shape index (κ3) is 3.78. The minimum atomic E-state index is 0.0192. The van der Waals surface area contributed by atoms with E-state index in [0.29, 0.717) is 6.54 Å². The Morgan fingerprint density at radius 1 is 0.774 bits per heavy atom. The molecule has 150 valence electrons. The number of aromatic nitrogens is 1. The fraction of sp³-hybridized carbons (Fsp3) is 0.0714. The fourth-order valence-corrected chi connectivity index (χ4v) is 4.01. The molecule has 3 heteroatoms. The van der Waals surface area contributed by atoms with E-state index in [1.807, 2.05) is 47.5 Å². The number of hydrogen-bond acceptors (Lipinski definition) is 2. The highest BCUT2D eigenvalue weighted by molar-refractivity contribution is 5.96. The number of amides is 1. The van der Waals surface area contributed by atoms with E-state index in [2.05, 4.69) is 65.7 Å². The van der Waals surface area contributed by atoms with E-state index in [9.17, 15) is 4.79 Å². The summed E-state index contributed by atoms with van der Waals surface area (Å²) < 4.78 is 0. The zero-order valence-electron chi connectivity index (χ0n) is 17.3. The minimum Gasteiger partial charge on any atom is -0.308 e. The molecule has 5 rings (SSSR count). The van der Waals surface area contributed by atoms with Crippen LogP contribution in [0.1, 0.15) is 23.6 Å². The van der Waals surface area contributed by atoms with Gasteiger partial charge in [-0.2, -0.15) is 0 Å². The summed E-state index contributed by atoms with van der Waals surface area (Å²) in [7, 11) is 0. The molecule has 3 aromatic carbocycles. The van der Waals surface area contributed by atoms with E-state index in [-0.39, 0.29) is 5.91 Å². The fourth-order valence-electron chi connectivity index (χ4n) is 4.01. The molecule has 0 unspecified atom stereocenters. The van der Waals surface area contributed by atoms with Crippen molar-refractivity contribution >= 4 is 23.7 Å². The molecule has 0 atom stereocenters. The molecule has 0 saturated carbocycles. The average Bonchev–Trinajstić information content (AvgIpc) is 2.81. The van der Waals surface area contributed by atoms with E-state index >= 15 is 0 Å². The van der Waals surface area contributed by atoms with E-state index in [1.165, 1.54) is 0 Å². The number of carbonyl (C=O) groups excluding carboxylic acids is 1. The molecule has 0 bridgehead atoms. The first-order valence-electron chi connectivity index (χ1n) is 10.4. The van der Waals surface area contributed by atoms with Gasteiger partial charge in [-0.15, -0.1) is 0 Å². The lowest BCUT2D eigenvalue weighted by Crippen LogP contribution is -2.29. The molecule has 0 aliphatic carbocycles. The Morgan fingerprint density at radius 3 is 2.16 bits per heavy atom. The molecule has 1 amide bonds. The molecule has 2 heterocycles. The summed E-state index contributed by atoms with van der Waals surface area (Å²) in [4.78, 5) is 19.2. The van der Waals surface area contributed by atoms with Crippen LogP contribution in [0.15, 0.2) is 91.1 Å². The number of benzene rings is 3. The van der Waals surface area contributed by atoms with Crippen molar-refractivity contribution in [1.82, 2.24) is 4.98 Å². The number of fused-ring (bicyclic) bond motifs is 2. The van der Waals surface area contributed by atoms with Gasteiger partial charge in [0, 0.05) is 18.7 Å². The highest BCUT2D eigenvalue weighted by Gasteiger charge is 2.20. The predicted molar refractivity (Wildman–Crippen MR) is 127 cm³/mol. The number of hydrogen-bond donors (Lipinski definition) is 0. The molecular formula is C28H22N2O. The number of pyridine rings is 1. The van der Waals surface area contributed by atoms with E-state index in [0.717, 1.165) is 44.8 Å². The standard InChI is InChI=1S/C28H22N2O/c1-20(31)30-19-26-16-27(22-10-6-3-7-11-22)29-18-25(26)15-13-23-12-14-24(17-28(23)30)21-8-4-2-5-9-21/h2-18H,19H2,1H3. The lowest BCUT2D eigenvalue weighted by Gasteiger charge is -2.26. The van der Waals surface area contributed by atoms with Crippen LogP contribution in [0.25, 0.3) is 34.5 Å². The van der Waals surface area contributed by atoms with Gasteiger partial charge >= 0.3 is 0 Å². The molecule has 1 aromatic heterocycles. The Morgan fingerprint density at radius 2 is 1.45 bits per heavy atom. The first-order valence-corrected chi connectivity index (χ1v) is 10.4. The van der Waals surface area contributed by atoms with Crippen molar-refractivity contribution < 1.29 is 4.79 Å². The van der Waals surface area contributed by atoms with Gasteiger partial charge in [-0.3, -0.25) is 9.78 Å². The van der Waals surface area contributed by atoms with E-state index < -0.39 is 0 Å². The molecule has 4 aromatic rings. The van der Waals surface area contributed by atoms with Crippen LogP contribution in [0.2, 0.25) is 0 Å². The summed E-state index contributed by atoms with van der Waals surface area (Å²) in [6.45, 7) is 2.13. The Labute approximate surface area is 182 Å². The summed E-state index contributed by atoms with van der Waals surface area (Å²) >= 11 is 0. The van der Waals surface area contributed by atoms with Gasteiger partial charge in [0.15, 0.2) is 0 Å². The quantitative estimate of drug-likeness (QED) is 0.386. The maximum absolute atomic E-state index is 12.7. The maximum Gasteiger partial charge on any atom is 0.224 e. The van der Waals surface area contributed by atoms with Crippen molar-refractivity contribution in [3.63, 3.8) is 0 Å². The molecule has 0 saturated heterocycles. The minimum absolute atomic E-state index is 0.0192. The molecule has 0 N–H and O–H groups in total. The van der Waals surface area contributed by atoms with Crippen LogP contribution in [0.3, 0.4) is 0 Å². The van der Waals surface area contributed by atoms with Crippen LogP contribution in [-0.4, -0.2) is 10.9 Å². The van der Waals surface area contributed by atoms with Gasteiger partial charge in [0.1, 0.15) is 0 Å². The Balaban J connectivity index is 1.61. The molecular weight excluding hydrogens is 380 g/mol. The SMILES string of the molecule is CC(=O)N1Cc2cc(-c3ccccc3)ncc2C=Cc2ccc(-c3ccccc3)cc21. The van der Waals surface area contributed by atoms with Crippen molar-refractivity contribution in [1.29, 1.82) is 0 Å². The number of nitrogens with zero attached hydrogens (tertiary/aromatic N) is 2. The smallest absolute Gasteiger partial charge is 0.224 e. The summed E-state index contributed by atoms with van der Waals surface area (Å²) in [6, 6.07) is 28.8. The topological polar surface area (TPSA) is 33.2 Å². The normalized spacial score (nSPS) is 12.5. The zero-order valence-corrected chi connectivity index (χ0v) is 17.3. The molecule has 31 heavy (non-hydrogen) atoms. The van der Waals surface area contributed by atoms with Crippen molar-refractivity contribution in [2.75, 3.05) is 4.90 Å². The van der Waals surface area contributed by atoms with Gasteiger partial charge in [-0.25, -0.2) is 0 Å². The summed E-state index contributed by atoms with van der Waals surface area (Å²) in [5.41, 5.74) is 8.27. The Bertz CT molecular complexity index is 1280. The van der Waals surface area contributed by atoms with E-state index in [4.69, 9.17) is 0 Å². The summed E-state index contributed by atoms with van der Waals surface area (Å²) in [5.74, 6) is 0.0192. The first kappa shape index (κ1) is 19.0. The Kier molecular flexibility index (Phi) is 4.93. The van der Waals surface area contributed by atoms with Crippen molar-refractivity contribution in [2.45, 2.75) is 13.5 Å². The van der Waals surface area contributed by atoms with Crippen LogP contribution in [0, 0.1) is 0 Å². The molecule has 0 radical (unpaired) electrons. The van der Waals surface area contributed by atoms with Gasteiger partial charge in [-0.1, -0.05) is 84.9 Å². The highest BCUT2D eigenvalue weighted by Crippen LogP contribution is 2.33. The second-order valence-electron chi connectivity index (χ2n) is 7.71. The van der Waals surface area contributed by atoms with E-state index in [1.54, 1.807) is 6.92 Å². The molecule has 1 aliphatic heterocycles. The monoisotopic (exact) mass is 402 g/mol. The van der Waals surface area contributed by atoms with Gasteiger partial charge in [0.2, 0.25) is 5.91 Å². The van der Waals surface area contributed by atoms with Gasteiger partial charge in [0.05, 0.1) is 17.9 Å². The molecule has 1 aliphatic rings. The zero-order chi connectivity index (χ0) is 21.2. The van der Waals surface area contributed by atoms with Crippen molar-refractivity contribution in [3.05, 3.63) is 108 Å². The highest BCUT2D eigenvalue weighted by atomic mass is 16.2. The van der Waals surface area contributed by atoms with Crippen LogP contribution < -0.4 is 4.90 Å². The van der Waals surface area contributed by atoms with Gasteiger partial charge in [0.25, 0.3) is 0 Å². The number of rotatable bonds is 2. The number of carbonyl (C=O) groups is 1. The predicted octanol–water partition coefficient (Wildman–Crippen LogP) is 6.45. The number of anilines is 1. The van der Waals surface area contributed by atoms with Gasteiger partial charge < -0.3 is 4.90 Å². The van der Waals surface area contributed by atoms with Crippen LogP contribution in [0.5, 0.6) is 0 Å². The Hall–Kier alpha value is -3.98. The molecule has 0 spiro atoms. The largest absolute Gasteiger partial charge is 0.308 e. The first-order chi connectivity index (χ1) is 15.2. The lowest BCUT2D eigenvalue weighted by atomic mass is 9.97. The summed E-state index contributed by atoms with van der Waals surface area (Å²) in [5, 5.41) is 0. The molecule has 0 fully saturated rings. The van der Waals surface area contributed by atoms with Gasteiger partial charge in [-0.05, 0) is 39.9 Å². The van der Waals surface area contributed by atoms with Crippen LogP contribution in [0.4, 0.5) is 5.69 Å². The van der Waals surface area contributed by atoms with Crippen molar-refractivity contribution in [3.8, 4) is 22.4 Å².